The number of hydrogen-bond acceptors (Lipinski definition) is 2. The van der Waals surface area contributed by atoms with Gasteiger partial charge in [-0.25, -0.2) is 9.37 Å². The molecular formula is C19H16FN3O. The summed E-state index contributed by atoms with van der Waals surface area (Å²) in [6.07, 6.45) is 3.99. The monoisotopic (exact) mass is 321 g/mol. The first-order valence-electron chi connectivity index (χ1n) is 7.60. The van der Waals surface area contributed by atoms with Crippen LogP contribution in [0.1, 0.15) is 0 Å². The number of aryl methyl sites for hydroxylation is 1. The molecule has 24 heavy (non-hydrogen) atoms. The fourth-order valence-corrected chi connectivity index (χ4v) is 2.84. The van der Waals surface area contributed by atoms with E-state index in [1.54, 1.807) is 19.2 Å². The normalized spacial score (nSPS) is 11.1. The Hall–Kier alpha value is -3.08. The SMILES string of the molecule is COc1ccc(-c2cn3cc(-c4ccc(F)cc4)n(C)c3n2)cc1. The molecule has 2 heterocycles. The minimum absolute atomic E-state index is 0.237. The molecule has 120 valence electrons. The van der Waals surface area contributed by atoms with E-state index in [9.17, 15) is 4.39 Å². The van der Waals surface area contributed by atoms with Crippen LogP contribution in [0.5, 0.6) is 5.75 Å². The molecule has 4 rings (SSSR count). The third-order valence-electron chi connectivity index (χ3n) is 4.16. The van der Waals surface area contributed by atoms with E-state index < -0.39 is 0 Å². The first-order valence-corrected chi connectivity index (χ1v) is 7.60. The van der Waals surface area contributed by atoms with Gasteiger partial charge in [0, 0.05) is 25.0 Å². The fraction of sp³-hybridized carbons (Fsp3) is 0.105. The second-order valence-corrected chi connectivity index (χ2v) is 5.64. The Kier molecular flexibility index (Phi) is 3.34. The Morgan fingerprint density at radius 2 is 1.58 bits per heavy atom. The maximum atomic E-state index is 13.1. The number of imidazole rings is 2. The zero-order valence-corrected chi connectivity index (χ0v) is 13.4. The van der Waals surface area contributed by atoms with E-state index in [2.05, 4.69) is 0 Å². The number of fused-ring (bicyclic) bond motifs is 1. The Bertz CT molecular complexity index is 998. The standard InChI is InChI=1S/C19H16FN3O/c1-22-18(14-3-7-15(20)8-4-14)12-23-11-17(21-19(22)23)13-5-9-16(24-2)10-6-13/h3-12H,1-2H3. The highest BCUT2D eigenvalue weighted by Crippen LogP contribution is 2.26. The number of hydrogen-bond donors (Lipinski definition) is 0. The maximum Gasteiger partial charge on any atom is 0.214 e. The van der Waals surface area contributed by atoms with Crippen LogP contribution in [-0.4, -0.2) is 21.1 Å². The van der Waals surface area contributed by atoms with Crippen LogP contribution in [0.3, 0.4) is 0 Å². The zero-order valence-electron chi connectivity index (χ0n) is 13.4. The number of rotatable bonds is 3. The van der Waals surface area contributed by atoms with Crippen molar-refractivity contribution in [3.63, 3.8) is 0 Å². The smallest absolute Gasteiger partial charge is 0.214 e. The fourth-order valence-electron chi connectivity index (χ4n) is 2.84. The van der Waals surface area contributed by atoms with E-state index in [4.69, 9.17) is 9.72 Å². The van der Waals surface area contributed by atoms with Gasteiger partial charge in [0.2, 0.25) is 5.78 Å². The van der Waals surface area contributed by atoms with Gasteiger partial charge in [0.15, 0.2) is 0 Å². The van der Waals surface area contributed by atoms with Crippen LogP contribution in [-0.2, 0) is 7.05 Å². The molecule has 0 bridgehead atoms. The molecule has 2 aromatic heterocycles. The molecule has 4 aromatic rings. The van der Waals surface area contributed by atoms with Gasteiger partial charge in [0.25, 0.3) is 0 Å². The predicted octanol–water partition coefficient (Wildman–Crippen LogP) is 4.15. The van der Waals surface area contributed by atoms with Crippen LogP contribution in [0.25, 0.3) is 28.3 Å². The molecule has 0 radical (unpaired) electrons. The molecule has 0 aliphatic carbocycles. The van der Waals surface area contributed by atoms with Crippen molar-refractivity contribution >= 4 is 5.78 Å². The molecule has 0 spiro atoms. The van der Waals surface area contributed by atoms with E-state index in [0.29, 0.717) is 0 Å². The predicted molar refractivity (Wildman–Crippen MR) is 91.5 cm³/mol. The van der Waals surface area contributed by atoms with Crippen LogP contribution in [0, 0.1) is 5.82 Å². The highest BCUT2D eigenvalue weighted by Gasteiger charge is 2.12. The van der Waals surface area contributed by atoms with Crippen LogP contribution >= 0.6 is 0 Å². The summed E-state index contributed by atoms with van der Waals surface area (Å²) < 4.78 is 22.3. The van der Waals surface area contributed by atoms with Crippen molar-refractivity contribution in [2.45, 2.75) is 0 Å². The number of methoxy groups -OCH3 is 1. The lowest BCUT2D eigenvalue weighted by Crippen LogP contribution is -1.93. The van der Waals surface area contributed by atoms with Gasteiger partial charge in [-0.3, -0.25) is 4.40 Å². The van der Waals surface area contributed by atoms with Crippen LogP contribution in [0.2, 0.25) is 0 Å². The van der Waals surface area contributed by atoms with E-state index in [1.807, 2.05) is 52.7 Å². The Balaban J connectivity index is 1.75. The van der Waals surface area contributed by atoms with Crippen LogP contribution < -0.4 is 4.74 Å². The largest absolute Gasteiger partial charge is 0.497 e. The lowest BCUT2D eigenvalue weighted by molar-refractivity contribution is 0.415. The summed E-state index contributed by atoms with van der Waals surface area (Å²) in [5.41, 5.74) is 3.87. The maximum absolute atomic E-state index is 13.1. The van der Waals surface area contributed by atoms with Gasteiger partial charge >= 0.3 is 0 Å². The quantitative estimate of drug-likeness (QED) is 0.567. The van der Waals surface area contributed by atoms with Gasteiger partial charge < -0.3 is 9.30 Å². The Labute approximate surface area is 138 Å². The lowest BCUT2D eigenvalue weighted by atomic mass is 10.1. The second-order valence-electron chi connectivity index (χ2n) is 5.64. The van der Waals surface area contributed by atoms with Gasteiger partial charge in [-0.2, -0.15) is 0 Å². The van der Waals surface area contributed by atoms with Crippen molar-refractivity contribution in [1.29, 1.82) is 0 Å². The lowest BCUT2D eigenvalue weighted by Gasteiger charge is -2.03. The van der Waals surface area contributed by atoms with Crippen molar-refractivity contribution in [1.82, 2.24) is 14.0 Å². The third kappa shape index (κ3) is 2.34. The first kappa shape index (κ1) is 14.5. The summed E-state index contributed by atoms with van der Waals surface area (Å²) >= 11 is 0. The van der Waals surface area contributed by atoms with Gasteiger partial charge in [-0.1, -0.05) is 0 Å². The molecule has 0 aliphatic heterocycles. The number of nitrogens with zero attached hydrogens (tertiary/aromatic N) is 3. The van der Waals surface area contributed by atoms with Crippen LogP contribution in [0.4, 0.5) is 4.39 Å². The first-order chi connectivity index (χ1) is 11.7. The summed E-state index contributed by atoms with van der Waals surface area (Å²) in [4.78, 5) is 4.71. The number of aromatic nitrogens is 3. The van der Waals surface area contributed by atoms with Crippen molar-refractivity contribution in [3.8, 4) is 28.3 Å². The van der Waals surface area contributed by atoms with Crippen molar-refractivity contribution in [2.75, 3.05) is 7.11 Å². The zero-order chi connectivity index (χ0) is 16.7. The van der Waals surface area contributed by atoms with E-state index in [1.165, 1.54) is 12.1 Å². The molecule has 0 aliphatic rings. The summed E-state index contributed by atoms with van der Waals surface area (Å²) in [6, 6.07) is 14.3. The van der Waals surface area contributed by atoms with Gasteiger partial charge in [-0.05, 0) is 54.1 Å². The average molecular weight is 321 g/mol. The molecule has 0 amide bonds. The van der Waals surface area contributed by atoms with E-state index in [0.717, 1.165) is 34.0 Å². The molecule has 4 nitrogen and oxygen atoms in total. The minimum atomic E-state index is -0.237. The number of benzene rings is 2. The second kappa shape index (κ2) is 5.53. The van der Waals surface area contributed by atoms with Gasteiger partial charge in [-0.15, -0.1) is 0 Å². The van der Waals surface area contributed by atoms with Gasteiger partial charge in [0.1, 0.15) is 11.6 Å². The molecule has 2 aromatic carbocycles. The number of halogens is 1. The van der Waals surface area contributed by atoms with Crippen molar-refractivity contribution in [3.05, 3.63) is 66.7 Å². The molecule has 0 atom stereocenters. The summed E-state index contributed by atoms with van der Waals surface area (Å²) in [5, 5.41) is 0. The Morgan fingerprint density at radius 1 is 0.917 bits per heavy atom. The third-order valence-corrected chi connectivity index (χ3v) is 4.16. The average Bonchev–Trinajstić information content (AvgIpc) is 3.16. The molecule has 0 fully saturated rings. The van der Waals surface area contributed by atoms with Gasteiger partial charge in [0.05, 0.1) is 18.5 Å². The number of ether oxygens (including phenoxy) is 1. The Morgan fingerprint density at radius 3 is 2.21 bits per heavy atom. The summed E-state index contributed by atoms with van der Waals surface area (Å²) in [5.74, 6) is 1.42. The van der Waals surface area contributed by atoms with Crippen molar-refractivity contribution < 1.29 is 9.13 Å². The van der Waals surface area contributed by atoms with Crippen LogP contribution in [0.15, 0.2) is 60.9 Å². The topological polar surface area (TPSA) is 31.5 Å². The molecule has 5 heteroatoms. The minimum Gasteiger partial charge on any atom is -0.497 e. The summed E-state index contributed by atoms with van der Waals surface area (Å²) in [6.45, 7) is 0. The van der Waals surface area contributed by atoms with E-state index in [-0.39, 0.29) is 5.82 Å². The molecule has 0 saturated carbocycles. The van der Waals surface area contributed by atoms with E-state index >= 15 is 0 Å². The molecule has 0 saturated heterocycles. The highest BCUT2D eigenvalue weighted by molar-refractivity contribution is 5.67. The highest BCUT2D eigenvalue weighted by atomic mass is 19.1. The summed E-state index contributed by atoms with van der Waals surface area (Å²) in [7, 11) is 3.61. The molecule has 0 N–H and O–H groups in total. The molecule has 0 unspecified atom stereocenters. The molecular weight excluding hydrogens is 305 g/mol. The van der Waals surface area contributed by atoms with Crippen molar-refractivity contribution in [2.24, 2.45) is 7.05 Å².